The van der Waals surface area contributed by atoms with Crippen molar-refractivity contribution in [2.75, 3.05) is 20.6 Å². The minimum atomic E-state index is 1.17. The van der Waals surface area contributed by atoms with E-state index in [2.05, 4.69) is 59.2 Å². The van der Waals surface area contributed by atoms with Crippen LogP contribution in [0.15, 0.2) is 28.7 Å². The van der Waals surface area contributed by atoms with Crippen LogP contribution in [-0.2, 0) is 6.42 Å². The molecule has 0 fully saturated rings. The summed E-state index contributed by atoms with van der Waals surface area (Å²) in [5.74, 6) is 0. The predicted octanol–water partition coefficient (Wildman–Crippen LogP) is 3.72. The molecular formula is C13H20BrN. The highest BCUT2D eigenvalue weighted by atomic mass is 79.9. The Bertz CT molecular complexity index is 266. The topological polar surface area (TPSA) is 3.24 Å². The van der Waals surface area contributed by atoms with Crippen molar-refractivity contribution < 1.29 is 0 Å². The Morgan fingerprint density at radius 3 is 2.27 bits per heavy atom. The van der Waals surface area contributed by atoms with Gasteiger partial charge in [0, 0.05) is 4.47 Å². The number of halogens is 1. The zero-order chi connectivity index (χ0) is 11.1. The van der Waals surface area contributed by atoms with Gasteiger partial charge < -0.3 is 4.90 Å². The van der Waals surface area contributed by atoms with E-state index in [0.717, 1.165) is 0 Å². The summed E-state index contributed by atoms with van der Waals surface area (Å²) in [5, 5.41) is 0. The molecule has 0 N–H and O–H groups in total. The zero-order valence-electron chi connectivity index (χ0n) is 9.67. The Kier molecular flexibility index (Phi) is 5.96. The molecule has 0 unspecified atom stereocenters. The lowest BCUT2D eigenvalue weighted by molar-refractivity contribution is 0.391. The van der Waals surface area contributed by atoms with Crippen LogP contribution in [0.2, 0.25) is 0 Å². The summed E-state index contributed by atoms with van der Waals surface area (Å²) in [5.41, 5.74) is 1.45. The molecule has 0 radical (unpaired) electrons. The van der Waals surface area contributed by atoms with Gasteiger partial charge in [0.2, 0.25) is 0 Å². The van der Waals surface area contributed by atoms with Crippen molar-refractivity contribution in [3.63, 3.8) is 0 Å². The summed E-state index contributed by atoms with van der Waals surface area (Å²) >= 11 is 3.45. The minimum Gasteiger partial charge on any atom is -0.309 e. The molecule has 2 heteroatoms. The Labute approximate surface area is 102 Å². The predicted molar refractivity (Wildman–Crippen MR) is 70.3 cm³/mol. The average molecular weight is 270 g/mol. The lowest BCUT2D eigenvalue weighted by atomic mass is 10.1. The fourth-order valence-corrected chi connectivity index (χ4v) is 1.85. The van der Waals surface area contributed by atoms with Crippen LogP contribution in [0, 0.1) is 0 Å². The molecule has 0 saturated heterocycles. The second-order valence-electron chi connectivity index (χ2n) is 4.24. The summed E-state index contributed by atoms with van der Waals surface area (Å²) in [6, 6.07) is 8.65. The van der Waals surface area contributed by atoms with Crippen LogP contribution in [0.5, 0.6) is 0 Å². The van der Waals surface area contributed by atoms with E-state index >= 15 is 0 Å². The van der Waals surface area contributed by atoms with Crippen LogP contribution < -0.4 is 0 Å². The molecule has 0 aliphatic heterocycles. The second kappa shape index (κ2) is 7.02. The van der Waals surface area contributed by atoms with Crippen molar-refractivity contribution in [3.8, 4) is 0 Å². The molecule has 0 saturated carbocycles. The molecule has 0 atom stereocenters. The summed E-state index contributed by atoms with van der Waals surface area (Å²) in [4.78, 5) is 2.25. The Morgan fingerprint density at radius 1 is 1.00 bits per heavy atom. The summed E-state index contributed by atoms with van der Waals surface area (Å²) in [6.45, 7) is 1.21. The Balaban J connectivity index is 2.12. The summed E-state index contributed by atoms with van der Waals surface area (Å²) in [6.07, 6.45) is 5.15. The third-order valence-corrected chi connectivity index (χ3v) is 3.01. The first kappa shape index (κ1) is 12.7. The van der Waals surface area contributed by atoms with E-state index in [4.69, 9.17) is 0 Å². The van der Waals surface area contributed by atoms with E-state index in [-0.39, 0.29) is 0 Å². The van der Waals surface area contributed by atoms with Gasteiger partial charge in [0.1, 0.15) is 0 Å². The Hall–Kier alpha value is -0.340. The molecule has 84 valence electrons. The fourth-order valence-electron chi connectivity index (χ4n) is 1.59. The van der Waals surface area contributed by atoms with Gasteiger partial charge in [-0.3, -0.25) is 0 Å². The number of benzene rings is 1. The monoisotopic (exact) mass is 269 g/mol. The molecule has 1 aromatic carbocycles. The third-order valence-electron chi connectivity index (χ3n) is 2.48. The van der Waals surface area contributed by atoms with Gasteiger partial charge in [0.05, 0.1) is 0 Å². The van der Waals surface area contributed by atoms with Crippen LogP contribution in [0.1, 0.15) is 24.8 Å². The summed E-state index contributed by atoms with van der Waals surface area (Å²) < 4.78 is 1.17. The standard InChI is InChI=1S/C13H20BrN/c1-15(2)11-5-3-4-6-12-7-9-13(14)10-8-12/h7-10H,3-6,11H2,1-2H3. The van der Waals surface area contributed by atoms with Crippen LogP contribution >= 0.6 is 15.9 Å². The molecule has 0 aliphatic rings. The van der Waals surface area contributed by atoms with Crippen LogP contribution in [0.3, 0.4) is 0 Å². The van der Waals surface area contributed by atoms with Crippen molar-refractivity contribution in [1.82, 2.24) is 4.90 Å². The molecular weight excluding hydrogens is 250 g/mol. The van der Waals surface area contributed by atoms with Gasteiger partial charge in [-0.2, -0.15) is 0 Å². The first-order chi connectivity index (χ1) is 7.18. The van der Waals surface area contributed by atoms with E-state index in [1.165, 1.54) is 42.3 Å². The molecule has 0 aromatic heterocycles. The van der Waals surface area contributed by atoms with Crippen molar-refractivity contribution in [2.24, 2.45) is 0 Å². The van der Waals surface area contributed by atoms with Gasteiger partial charge in [-0.15, -0.1) is 0 Å². The normalized spacial score (nSPS) is 10.9. The molecule has 1 rings (SSSR count). The van der Waals surface area contributed by atoms with E-state index in [1.54, 1.807) is 0 Å². The van der Waals surface area contributed by atoms with Crippen molar-refractivity contribution in [2.45, 2.75) is 25.7 Å². The molecule has 1 nitrogen and oxygen atoms in total. The van der Waals surface area contributed by atoms with E-state index in [1.807, 2.05) is 0 Å². The van der Waals surface area contributed by atoms with Gasteiger partial charge in [-0.05, 0) is 57.6 Å². The number of hydrogen-bond donors (Lipinski definition) is 0. The van der Waals surface area contributed by atoms with Crippen LogP contribution in [0.25, 0.3) is 0 Å². The largest absolute Gasteiger partial charge is 0.309 e. The van der Waals surface area contributed by atoms with Gasteiger partial charge in [0.15, 0.2) is 0 Å². The second-order valence-corrected chi connectivity index (χ2v) is 5.16. The van der Waals surface area contributed by atoms with Crippen LogP contribution in [-0.4, -0.2) is 25.5 Å². The van der Waals surface area contributed by atoms with Gasteiger partial charge in [-0.1, -0.05) is 34.5 Å². The number of nitrogens with zero attached hydrogens (tertiary/aromatic N) is 1. The van der Waals surface area contributed by atoms with Gasteiger partial charge in [0.25, 0.3) is 0 Å². The van der Waals surface area contributed by atoms with Crippen molar-refractivity contribution in [1.29, 1.82) is 0 Å². The molecule has 0 bridgehead atoms. The highest BCUT2D eigenvalue weighted by Gasteiger charge is 1.95. The molecule has 0 spiro atoms. The maximum absolute atomic E-state index is 3.45. The van der Waals surface area contributed by atoms with Gasteiger partial charge >= 0.3 is 0 Å². The van der Waals surface area contributed by atoms with Gasteiger partial charge in [-0.25, -0.2) is 0 Å². The minimum absolute atomic E-state index is 1.17. The maximum Gasteiger partial charge on any atom is 0.0175 e. The van der Waals surface area contributed by atoms with Crippen molar-refractivity contribution >= 4 is 15.9 Å². The maximum atomic E-state index is 3.45. The molecule has 0 aliphatic carbocycles. The number of rotatable bonds is 6. The fraction of sp³-hybridized carbons (Fsp3) is 0.538. The lowest BCUT2D eigenvalue weighted by Crippen LogP contribution is -2.12. The SMILES string of the molecule is CN(C)CCCCCc1ccc(Br)cc1. The lowest BCUT2D eigenvalue weighted by Gasteiger charge is -2.08. The molecule has 15 heavy (non-hydrogen) atoms. The Morgan fingerprint density at radius 2 is 1.67 bits per heavy atom. The van der Waals surface area contributed by atoms with E-state index < -0.39 is 0 Å². The number of unbranched alkanes of at least 4 members (excludes halogenated alkanes) is 2. The smallest absolute Gasteiger partial charge is 0.0175 e. The highest BCUT2D eigenvalue weighted by molar-refractivity contribution is 9.10. The molecule has 0 amide bonds. The average Bonchev–Trinajstić information content (AvgIpc) is 2.20. The van der Waals surface area contributed by atoms with E-state index in [9.17, 15) is 0 Å². The quantitative estimate of drug-likeness (QED) is 0.712. The van der Waals surface area contributed by atoms with E-state index in [0.29, 0.717) is 0 Å². The number of aryl methyl sites for hydroxylation is 1. The first-order valence-electron chi connectivity index (χ1n) is 5.57. The first-order valence-corrected chi connectivity index (χ1v) is 6.37. The van der Waals surface area contributed by atoms with Crippen molar-refractivity contribution in [3.05, 3.63) is 34.3 Å². The molecule has 0 heterocycles. The number of hydrogen-bond acceptors (Lipinski definition) is 1. The highest BCUT2D eigenvalue weighted by Crippen LogP contribution is 2.12. The third kappa shape index (κ3) is 5.95. The zero-order valence-corrected chi connectivity index (χ0v) is 11.3. The molecule has 1 aromatic rings. The summed E-state index contributed by atoms with van der Waals surface area (Å²) in [7, 11) is 4.27. The van der Waals surface area contributed by atoms with Crippen LogP contribution in [0.4, 0.5) is 0 Å².